The predicted molar refractivity (Wildman–Crippen MR) is 72.2 cm³/mol. The SMILES string of the molecule is O=C(O)c1csc(CCNS(=O)(=O)c2cncc(F)c2)n1. The van der Waals surface area contributed by atoms with E-state index in [1.807, 2.05) is 0 Å². The van der Waals surface area contributed by atoms with Crippen molar-refractivity contribution in [3.05, 3.63) is 40.4 Å². The lowest BCUT2D eigenvalue weighted by Crippen LogP contribution is -2.26. The Kier molecular flexibility index (Phi) is 4.60. The van der Waals surface area contributed by atoms with Crippen molar-refractivity contribution >= 4 is 27.3 Å². The van der Waals surface area contributed by atoms with Crippen LogP contribution in [0.2, 0.25) is 0 Å². The van der Waals surface area contributed by atoms with Crippen molar-refractivity contribution in [3.63, 3.8) is 0 Å². The number of hydrogen-bond acceptors (Lipinski definition) is 6. The zero-order valence-corrected chi connectivity index (χ0v) is 12.1. The van der Waals surface area contributed by atoms with Gasteiger partial charge in [-0.1, -0.05) is 0 Å². The van der Waals surface area contributed by atoms with E-state index < -0.39 is 21.8 Å². The molecule has 2 rings (SSSR count). The highest BCUT2D eigenvalue weighted by Crippen LogP contribution is 2.11. The largest absolute Gasteiger partial charge is 0.476 e. The molecule has 0 radical (unpaired) electrons. The Morgan fingerprint density at radius 1 is 1.43 bits per heavy atom. The fourth-order valence-corrected chi connectivity index (χ4v) is 3.22. The van der Waals surface area contributed by atoms with Crippen LogP contribution in [0.15, 0.2) is 28.7 Å². The third-order valence-electron chi connectivity index (χ3n) is 2.39. The van der Waals surface area contributed by atoms with E-state index in [-0.39, 0.29) is 23.6 Å². The van der Waals surface area contributed by atoms with E-state index in [2.05, 4.69) is 14.7 Å². The maximum Gasteiger partial charge on any atom is 0.355 e. The van der Waals surface area contributed by atoms with E-state index in [0.717, 1.165) is 29.8 Å². The monoisotopic (exact) mass is 331 g/mol. The number of carbonyl (C=O) groups is 1. The van der Waals surface area contributed by atoms with Gasteiger partial charge in [-0.25, -0.2) is 27.3 Å². The number of rotatable bonds is 6. The molecule has 0 aromatic carbocycles. The summed E-state index contributed by atoms with van der Waals surface area (Å²) in [6.45, 7) is 0.0193. The lowest BCUT2D eigenvalue weighted by Gasteiger charge is -2.05. The Morgan fingerprint density at radius 3 is 2.81 bits per heavy atom. The van der Waals surface area contributed by atoms with Gasteiger partial charge in [0.05, 0.1) is 11.2 Å². The summed E-state index contributed by atoms with van der Waals surface area (Å²) in [4.78, 5) is 17.7. The van der Waals surface area contributed by atoms with E-state index >= 15 is 0 Å². The highest BCUT2D eigenvalue weighted by molar-refractivity contribution is 7.89. The molecule has 0 bridgehead atoms. The van der Waals surface area contributed by atoms with Crippen LogP contribution < -0.4 is 4.72 Å². The van der Waals surface area contributed by atoms with Crippen molar-refractivity contribution in [2.45, 2.75) is 11.3 Å². The Balaban J connectivity index is 1.97. The molecule has 0 spiro atoms. The number of pyridine rings is 1. The van der Waals surface area contributed by atoms with Crippen molar-refractivity contribution < 1.29 is 22.7 Å². The first kappa shape index (κ1) is 15.5. The number of thiazole rings is 1. The molecule has 10 heteroatoms. The molecule has 7 nitrogen and oxygen atoms in total. The second kappa shape index (κ2) is 6.24. The summed E-state index contributed by atoms with van der Waals surface area (Å²) in [5.74, 6) is -1.88. The first-order valence-electron chi connectivity index (χ1n) is 5.66. The highest BCUT2D eigenvalue weighted by Gasteiger charge is 2.15. The normalized spacial score (nSPS) is 11.5. The van der Waals surface area contributed by atoms with E-state index in [1.165, 1.54) is 5.38 Å². The number of sulfonamides is 1. The summed E-state index contributed by atoms with van der Waals surface area (Å²) in [5, 5.41) is 10.6. The van der Waals surface area contributed by atoms with Gasteiger partial charge in [-0.15, -0.1) is 11.3 Å². The maximum atomic E-state index is 12.9. The molecule has 0 atom stereocenters. The van der Waals surface area contributed by atoms with Gasteiger partial charge in [-0.05, 0) is 6.07 Å². The highest BCUT2D eigenvalue weighted by atomic mass is 32.2. The van der Waals surface area contributed by atoms with Crippen LogP contribution in [0.5, 0.6) is 0 Å². The number of carboxylic acid groups (broad SMARTS) is 1. The number of nitrogens with one attached hydrogen (secondary N) is 1. The third kappa shape index (κ3) is 4.03. The first-order chi connectivity index (χ1) is 9.88. The number of nitrogens with zero attached hydrogens (tertiary/aromatic N) is 2. The summed E-state index contributed by atoms with van der Waals surface area (Å²) >= 11 is 1.13. The van der Waals surface area contributed by atoms with Gasteiger partial charge in [0.2, 0.25) is 10.0 Å². The summed E-state index contributed by atoms with van der Waals surface area (Å²) in [7, 11) is -3.85. The summed E-state index contributed by atoms with van der Waals surface area (Å²) < 4.78 is 38.9. The van der Waals surface area contributed by atoms with Crippen molar-refractivity contribution in [2.75, 3.05) is 6.54 Å². The predicted octanol–water partition coefficient (Wildman–Crippen LogP) is 0.896. The summed E-state index contributed by atoms with van der Waals surface area (Å²) in [6, 6.07) is 0.862. The van der Waals surface area contributed by atoms with Gasteiger partial charge in [0.15, 0.2) is 5.69 Å². The average molecular weight is 331 g/mol. The Bertz CT molecular complexity index is 760. The van der Waals surface area contributed by atoms with E-state index in [0.29, 0.717) is 5.01 Å². The third-order valence-corrected chi connectivity index (χ3v) is 4.73. The molecule has 0 saturated carbocycles. The molecule has 112 valence electrons. The van der Waals surface area contributed by atoms with Gasteiger partial charge in [0.25, 0.3) is 0 Å². The molecule has 0 aliphatic carbocycles. The van der Waals surface area contributed by atoms with Crippen LogP contribution in [-0.4, -0.2) is 36.0 Å². The minimum atomic E-state index is -3.85. The van der Waals surface area contributed by atoms with E-state index in [1.54, 1.807) is 0 Å². The zero-order valence-electron chi connectivity index (χ0n) is 10.5. The zero-order chi connectivity index (χ0) is 15.5. The molecule has 0 amide bonds. The fourth-order valence-electron chi connectivity index (χ4n) is 1.44. The molecule has 21 heavy (non-hydrogen) atoms. The van der Waals surface area contributed by atoms with Crippen LogP contribution >= 0.6 is 11.3 Å². The second-order valence-electron chi connectivity index (χ2n) is 3.92. The first-order valence-corrected chi connectivity index (χ1v) is 8.03. The quantitative estimate of drug-likeness (QED) is 0.814. The molecule has 2 aromatic rings. The summed E-state index contributed by atoms with van der Waals surface area (Å²) in [6.07, 6.45) is 2.18. The molecule has 0 saturated heterocycles. The van der Waals surface area contributed by atoms with E-state index in [9.17, 15) is 17.6 Å². The van der Waals surface area contributed by atoms with Gasteiger partial charge >= 0.3 is 5.97 Å². The standard InChI is InChI=1S/C11H10FN3O4S2/c12-7-3-8(5-13-4-7)21(18,19)14-2-1-10-15-9(6-20-10)11(16)17/h3-6,14H,1-2H2,(H,16,17). The Hall–Kier alpha value is -1.91. The lowest BCUT2D eigenvalue weighted by atomic mass is 10.4. The van der Waals surface area contributed by atoms with Gasteiger partial charge in [0, 0.05) is 24.5 Å². The average Bonchev–Trinajstić information content (AvgIpc) is 2.87. The summed E-state index contributed by atoms with van der Waals surface area (Å²) in [5.41, 5.74) is -0.0767. The Labute approximate surface area is 123 Å². The van der Waals surface area contributed by atoms with Gasteiger partial charge < -0.3 is 5.11 Å². The number of aromatic carboxylic acids is 1. The number of carboxylic acids is 1. The smallest absolute Gasteiger partial charge is 0.355 e. The number of halogens is 1. The molecule has 2 heterocycles. The second-order valence-corrected chi connectivity index (χ2v) is 6.63. The number of hydrogen-bond donors (Lipinski definition) is 2. The van der Waals surface area contributed by atoms with Crippen LogP contribution in [0.4, 0.5) is 4.39 Å². The lowest BCUT2D eigenvalue weighted by molar-refractivity contribution is 0.0691. The van der Waals surface area contributed by atoms with Crippen molar-refractivity contribution in [3.8, 4) is 0 Å². The molecule has 2 N–H and O–H groups in total. The molecule has 2 aromatic heterocycles. The van der Waals surface area contributed by atoms with E-state index in [4.69, 9.17) is 5.11 Å². The molecule has 0 fully saturated rings. The van der Waals surface area contributed by atoms with Crippen LogP contribution in [0.3, 0.4) is 0 Å². The Morgan fingerprint density at radius 2 is 2.19 bits per heavy atom. The van der Waals surface area contributed by atoms with Crippen LogP contribution in [0, 0.1) is 5.82 Å². The van der Waals surface area contributed by atoms with Crippen LogP contribution in [0.25, 0.3) is 0 Å². The molecule has 0 unspecified atom stereocenters. The number of aromatic nitrogens is 2. The van der Waals surface area contributed by atoms with Gasteiger partial charge in [0.1, 0.15) is 10.7 Å². The van der Waals surface area contributed by atoms with Crippen molar-refractivity contribution in [1.29, 1.82) is 0 Å². The van der Waals surface area contributed by atoms with Crippen molar-refractivity contribution in [1.82, 2.24) is 14.7 Å². The van der Waals surface area contributed by atoms with Gasteiger partial charge in [-0.2, -0.15) is 0 Å². The van der Waals surface area contributed by atoms with Crippen LogP contribution in [-0.2, 0) is 16.4 Å². The minimum absolute atomic E-state index is 0.0193. The topological polar surface area (TPSA) is 109 Å². The molecular formula is C11H10FN3O4S2. The minimum Gasteiger partial charge on any atom is -0.476 e. The van der Waals surface area contributed by atoms with Gasteiger partial charge in [-0.3, -0.25) is 4.98 Å². The maximum absolute atomic E-state index is 12.9. The fraction of sp³-hybridized carbons (Fsp3) is 0.182. The molecular weight excluding hydrogens is 321 g/mol. The molecule has 0 aliphatic heterocycles. The van der Waals surface area contributed by atoms with Crippen LogP contribution in [0.1, 0.15) is 15.5 Å². The molecule has 0 aliphatic rings. The van der Waals surface area contributed by atoms with Crippen molar-refractivity contribution in [2.24, 2.45) is 0 Å².